The Labute approximate surface area is 87.2 Å². The molecule has 0 spiro atoms. The second-order valence-electron chi connectivity index (χ2n) is 3.15. The van der Waals surface area contributed by atoms with Crippen LogP contribution < -0.4 is 15.8 Å². The van der Waals surface area contributed by atoms with Crippen molar-refractivity contribution in [3.8, 4) is 5.75 Å². The van der Waals surface area contributed by atoms with E-state index in [1.807, 2.05) is 24.4 Å². The first-order valence-electron chi connectivity index (χ1n) is 4.34. The van der Waals surface area contributed by atoms with Gasteiger partial charge in [0.1, 0.15) is 5.75 Å². The minimum absolute atomic E-state index is 0.411. The highest BCUT2D eigenvalue weighted by atomic mass is 16.6. The van der Waals surface area contributed by atoms with E-state index in [2.05, 4.69) is 0 Å². The Balaban J connectivity index is 2.76. The summed E-state index contributed by atoms with van der Waals surface area (Å²) in [7, 11) is 0. The molecular formula is C10H12N2O3. The fourth-order valence-electron chi connectivity index (χ4n) is 1.04. The van der Waals surface area contributed by atoms with Crippen molar-refractivity contribution >= 4 is 12.1 Å². The number of urea groups is 1. The number of aryl methyl sites for hydroxylation is 2. The van der Waals surface area contributed by atoms with Crippen LogP contribution in [0.3, 0.4) is 0 Å². The van der Waals surface area contributed by atoms with E-state index in [0.29, 0.717) is 5.75 Å². The zero-order chi connectivity index (χ0) is 11.4. The molecule has 5 heteroatoms. The van der Waals surface area contributed by atoms with Crippen LogP contribution in [0.2, 0.25) is 0 Å². The molecule has 0 aliphatic rings. The quantitative estimate of drug-likeness (QED) is 0.733. The normalized spacial score (nSPS) is 9.47. The Kier molecular flexibility index (Phi) is 3.28. The predicted molar refractivity (Wildman–Crippen MR) is 54.7 cm³/mol. The molecular weight excluding hydrogens is 196 g/mol. The summed E-state index contributed by atoms with van der Waals surface area (Å²) in [5, 5.41) is 1.82. The maximum atomic E-state index is 11.1. The van der Waals surface area contributed by atoms with Crippen molar-refractivity contribution in [1.82, 2.24) is 5.32 Å². The van der Waals surface area contributed by atoms with Crippen molar-refractivity contribution in [2.45, 2.75) is 13.8 Å². The van der Waals surface area contributed by atoms with E-state index in [9.17, 15) is 9.59 Å². The molecule has 0 saturated heterocycles. The summed E-state index contributed by atoms with van der Waals surface area (Å²) in [6, 6.07) is 4.48. The smallest absolute Gasteiger partial charge is 0.410 e. The number of carbonyl (C=O) groups is 2. The number of ether oxygens (including phenoxy) is 1. The van der Waals surface area contributed by atoms with Gasteiger partial charge in [-0.2, -0.15) is 0 Å². The average molecular weight is 208 g/mol. The second-order valence-corrected chi connectivity index (χ2v) is 3.15. The largest absolute Gasteiger partial charge is 0.420 e. The second kappa shape index (κ2) is 4.45. The van der Waals surface area contributed by atoms with Gasteiger partial charge in [0.25, 0.3) is 0 Å². The van der Waals surface area contributed by atoms with Crippen molar-refractivity contribution < 1.29 is 14.3 Å². The standard InChI is InChI=1S/C10H12N2O3/c1-6-3-4-7(2)8(5-6)15-10(14)12-9(11)13/h3-5H,1-2H3,(H3,11,12,13,14). The lowest BCUT2D eigenvalue weighted by Crippen LogP contribution is -2.37. The minimum atomic E-state index is -0.940. The van der Waals surface area contributed by atoms with Gasteiger partial charge in [0, 0.05) is 0 Å². The maximum Gasteiger partial charge on any atom is 0.420 e. The van der Waals surface area contributed by atoms with Gasteiger partial charge in [0.15, 0.2) is 0 Å². The van der Waals surface area contributed by atoms with Crippen molar-refractivity contribution in [3.63, 3.8) is 0 Å². The highest BCUT2D eigenvalue weighted by Gasteiger charge is 2.08. The van der Waals surface area contributed by atoms with E-state index in [4.69, 9.17) is 10.5 Å². The Morgan fingerprint density at radius 3 is 2.60 bits per heavy atom. The number of nitrogens with two attached hydrogens (primary N) is 1. The Morgan fingerprint density at radius 2 is 2.00 bits per heavy atom. The maximum absolute atomic E-state index is 11.1. The molecule has 0 bridgehead atoms. The molecule has 0 atom stereocenters. The molecule has 3 N–H and O–H groups in total. The third-order valence-corrected chi connectivity index (χ3v) is 1.77. The van der Waals surface area contributed by atoms with Crippen LogP contribution in [0.4, 0.5) is 9.59 Å². The molecule has 5 nitrogen and oxygen atoms in total. The van der Waals surface area contributed by atoms with Gasteiger partial charge in [-0.25, -0.2) is 14.9 Å². The number of imide groups is 1. The average Bonchev–Trinajstić information content (AvgIpc) is 2.10. The van der Waals surface area contributed by atoms with Crippen LogP contribution in [-0.4, -0.2) is 12.1 Å². The summed E-state index contributed by atoms with van der Waals surface area (Å²) in [5.41, 5.74) is 6.53. The number of benzene rings is 1. The van der Waals surface area contributed by atoms with Gasteiger partial charge in [0.05, 0.1) is 0 Å². The lowest BCUT2D eigenvalue weighted by molar-refractivity contribution is 0.198. The van der Waals surface area contributed by atoms with Crippen LogP contribution in [0.25, 0.3) is 0 Å². The first kappa shape index (κ1) is 11.0. The molecule has 0 radical (unpaired) electrons. The molecule has 0 heterocycles. The molecule has 15 heavy (non-hydrogen) atoms. The van der Waals surface area contributed by atoms with Gasteiger partial charge in [-0.15, -0.1) is 0 Å². The first-order chi connectivity index (χ1) is 6.99. The number of hydrogen-bond acceptors (Lipinski definition) is 3. The fourth-order valence-corrected chi connectivity index (χ4v) is 1.04. The van der Waals surface area contributed by atoms with Gasteiger partial charge >= 0.3 is 12.1 Å². The summed E-state index contributed by atoms with van der Waals surface area (Å²) < 4.78 is 4.89. The van der Waals surface area contributed by atoms with E-state index in [1.54, 1.807) is 13.0 Å². The molecule has 1 aromatic carbocycles. The molecule has 80 valence electrons. The third-order valence-electron chi connectivity index (χ3n) is 1.77. The van der Waals surface area contributed by atoms with Crippen LogP contribution in [0, 0.1) is 13.8 Å². The molecule has 0 aliphatic carbocycles. The molecule has 0 unspecified atom stereocenters. The van der Waals surface area contributed by atoms with E-state index >= 15 is 0 Å². The third kappa shape index (κ3) is 3.30. The first-order valence-corrected chi connectivity index (χ1v) is 4.34. The van der Waals surface area contributed by atoms with Gasteiger partial charge in [0.2, 0.25) is 0 Å². The minimum Gasteiger partial charge on any atom is -0.410 e. The molecule has 0 saturated carbocycles. The van der Waals surface area contributed by atoms with Gasteiger partial charge in [-0.05, 0) is 31.0 Å². The van der Waals surface area contributed by atoms with Crippen LogP contribution >= 0.6 is 0 Å². The molecule has 1 rings (SSSR count). The summed E-state index contributed by atoms with van der Waals surface area (Å²) >= 11 is 0. The number of carbonyl (C=O) groups excluding carboxylic acids is 2. The fraction of sp³-hybridized carbons (Fsp3) is 0.200. The van der Waals surface area contributed by atoms with E-state index in [-0.39, 0.29) is 0 Å². The van der Waals surface area contributed by atoms with Gasteiger partial charge < -0.3 is 10.5 Å². The van der Waals surface area contributed by atoms with E-state index in [1.165, 1.54) is 0 Å². The highest BCUT2D eigenvalue weighted by Crippen LogP contribution is 2.18. The number of amides is 3. The zero-order valence-corrected chi connectivity index (χ0v) is 8.53. The topological polar surface area (TPSA) is 81.4 Å². The monoisotopic (exact) mass is 208 g/mol. The summed E-state index contributed by atoms with van der Waals surface area (Å²) in [6.45, 7) is 3.67. The van der Waals surface area contributed by atoms with Crippen molar-refractivity contribution in [3.05, 3.63) is 29.3 Å². The molecule has 1 aromatic rings. The number of hydrogen-bond donors (Lipinski definition) is 2. The number of rotatable bonds is 1. The number of primary amides is 1. The Hall–Kier alpha value is -2.04. The summed E-state index contributed by atoms with van der Waals surface area (Å²) in [4.78, 5) is 21.4. The lowest BCUT2D eigenvalue weighted by atomic mass is 10.1. The van der Waals surface area contributed by atoms with Crippen LogP contribution in [-0.2, 0) is 0 Å². The molecule has 3 amide bonds. The van der Waals surface area contributed by atoms with Crippen LogP contribution in [0.1, 0.15) is 11.1 Å². The molecule has 0 fully saturated rings. The highest BCUT2D eigenvalue weighted by molar-refractivity contribution is 5.90. The lowest BCUT2D eigenvalue weighted by Gasteiger charge is -2.07. The Bertz CT molecular complexity index is 402. The van der Waals surface area contributed by atoms with Gasteiger partial charge in [-0.3, -0.25) is 0 Å². The van der Waals surface area contributed by atoms with Gasteiger partial charge in [-0.1, -0.05) is 12.1 Å². The number of nitrogens with one attached hydrogen (secondary N) is 1. The van der Waals surface area contributed by atoms with Crippen molar-refractivity contribution in [2.75, 3.05) is 0 Å². The van der Waals surface area contributed by atoms with Crippen LogP contribution in [0.5, 0.6) is 5.75 Å². The van der Waals surface area contributed by atoms with E-state index in [0.717, 1.165) is 11.1 Å². The van der Waals surface area contributed by atoms with E-state index < -0.39 is 12.1 Å². The molecule has 0 aromatic heterocycles. The van der Waals surface area contributed by atoms with Crippen molar-refractivity contribution in [2.24, 2.45) is 5.73 Å². The van der Waals surface area contributed by atoms with Crippen molar-refractivity contribution in [1.29, 1.82) is 0 Å². The summed E-state index contributed by atoms with van der Waals surface area (Å²) in [6.07, 6.45) is -0.879. The SMILES string of the molecule is Cc1ccc(C)c(OC(=O)NC(N)=O)c1. The Morgan fingerprint density at radius 1 is 1.33 bits per heavy atom. The predicted octanol–water partition coefficient (Wildman–Crippen LogP) is 1.47. The zero-order valence-electron chi connectivity index (χ0n) is 8.53. The summed E-state index contributed by atoms with van der Waals surface area (Å²) in [5.74, 6) is 0.411. The molecule has 0 aliphatic heterocycles. The van der Waals surface area contributed by atoms with Crippen LogP contribution in [0.15, 0.2) is 18.2 Å².